The van der Waals surface area contributed by atoms with E-state index in [2.05, 4.69) is 19.2 Å². The van der Waals surface area contributed by atoms with Crippen molar-refractivity contribution in [2.75, 3.05) is 13.2 Å². The van der Waals surface area contributed by atoms with Crippen LogP contribution < -0.4 is 5.32 Å². The summed E-state index contributed by atoms with van der Waals surface area (Å²) in [7, 11) is 0. The van der Waals surface area contributed by atoms with Crippen LogP contribution in [0, 0.1) is 11.8 Å². The van der Waals surface area contributed by atoms with Gasteiger partial charge < -0.3 is 10.1 Å². The van der Waals surface area contributed by atoms with Crippen LogP contribution in [0.25, 0.3) is 0 Å². The lowest BCUT2D eigenvalue weighted by Gasteiger charge is -2.38. The third-order valence-electron chi connectivity index (χ3n) is 4.32. The Labute approximate surface area is 93.8 Å². The zero-order valence-electron chi connectivity index (χ0n) is 10.2. The van der Waals surface area contributed by atoms with Gasteiger partial charge >= 0.3 is 0 Å². The largest absolute Gasteiger partial charge is 0.380 e. The maximum Gasteiger partial charge on any atom is 0.0619 e. The molecule has 1 aliphatic carbocycles. The van der Waals surface area contributed by atoms with E-state index < -0.39 is 0 Å². The van der Waals surface area contributed by atoms with E-state index in [4.69, 9.17) is 4.74 Å². The summed E-state index contributed by atoms with van der Waals surface area (Å²) in [5.41, 5.74) is 0. The summed E-state index contributed by atoms with van der Waals surface area (Å²) in [4.78, 5) is 0. The smallest absolute Gasteiger partial charge is 0.0619 e. The summed E-state index contributed by atoms with van der Waals surface area (Å²) in [5, 5.41) is 3.81. The fourth-order valence-corrected chi connectivity index (χ4v) is 2.99. The van der Waals surface area contributed by atoms with Gasteiger partial charge in [0.05, 0.1) is 6.61 Å². The van der Waals surface area contributed by atoms with Gasteiger partial charge in [-0.15, -0.1) is 0 Å². The van der Waals surface area contributed by atoms with E-state index in [0.29, 0.717) is 6.04 Å². The molecule has 2 nitrogen and oxygen atoms in total. The normalized spacial score (nSPS) is 42.8. The third kappa shape index (κ3) is 2.94. The molecule has 1 heterocycles. The maximum absolute atomic E-state index is 5.52. The van der Waals surface area contributed by atoms with E-state index >= 15 is 0 Å². The first-order valence-corrected chi connectivity index (χ1v) is 6.61. The highest BCUT2D eigenvalue weighted by atomic mass is 16.5. The van der Waals surface area contributed by atoms with Crippen molar-refractivity contribution in [1.82, 2.24) is 5.32 Å². The highest BCUT2D eigenvalue weighted by Crippen LogP contribution is 2.30. The van der Waals surface area contributed by atoms with Crippen molar-refractivity contribution in [3.8, 4) is 0 Å². The summed E-state index contributed by atoms with van der Waals surface area (Å²) in [6, 6.07) is 1.36. The minimum absolute atomic E-state index is 0.622. The molecule has 1 saturated heterocycles. The number of nitrogens with one attached hydrogen (secondary N) is 1. The van der Waals surface area contributed by atoms with Crippen molar-refractivity contribution in [3.63, 3.8) is 0 Å². The Morgan fingerprint density at radius 3 is 2.67 bits per heavy atom. The molecule has 2 rings (SSSR count). The minimum Gasteiger partial charge on any atom is -0.380 e. The Hall–Kier alpha value is -0.0800. The number of ether oxygens (including phenoxy) is 1. The fraction of sp³-hybridized carbons (Fsp3) is 1.00. The summed E-state index contributed by atoms with van der Waals surface area (Å²) < 4.78 is 5.52. The van der Waals surface area contributed by atoms with Crippen LogP contribution in [0.3, 0.4) is 0 Å². The maximum atomic E-state index is 5.52. The lowest BCUT2D eigenvalue weighted by molar-refractivity contribution is 0.0570. The topological polar surface area (TPSA) is 21.3 Å². The van der Waals surface area contributed by atoms with Crippen molar-refractivity contribution in [2.24, 2.45) is 11.8 Å². The van der Waals surface area contributed by atoms with Gasteiger partial charge in [0.15, 0.2) is 0 Å². The van der Waals surface area contributed by atoms with Crippen molar-refractivity contribution in [3.05, 3.63) is 0 Å². The van der Waals surface area contributed by atoms with Crippen LogP contribution in [0.2, 0.25) is 0 Å². The van der Waals surface area contributed by atoms with Gasteiger partial charge in [0.25, 0.3) is 0 Å². The van der Waals surface area contributed by atoms with E-state index in [9.17, 15) is 0 Å². The van der Waals surface area contributed by atoms with Crippen LogP contribution in [-0.4, -0.2) is 25.3 Å². The molecule has 1 saturated carbocycles. The quantitative estimate of drug-likeness (QED) is 0.758. The van der Waals surface area contributed by atoms with Gasteiger partial charge in [0.1, 0.15) is 0 Å². The molecule has 88 valence electrons. The molecule has 2 aliphatic rings. The summed E-state index contributed by atoms with van der Waals surface area (Å²) >= 11 is 0. The van der Waals surface area contributed by atoms with Crippen LogP contribution in [0.4, 0.5) is 0 Å². The molecule has 4 atom stereocenters. The molecular formula is C13H25NO. The average Bonchev–Trinajstić information content (AvgIpc) is 2.26. The Balaban J connectivity index is 1.81. The molecule has 4 unspecified atom stereocenters. The highest BCUT2D eigenvalue weighted by Gasteiger charge is 2.28. The molecule has 2 heteroatoms. The average molecular weight is 211 g/mol. The first-order chi connectivity index (χ1) is 7.27. The van der Waals surface area contributed by atoms with Gasteiger partial charge in [-0.05, 0) is 31.1 Å². The Kier molecular flexibility index (Phi) is 4.04. The second-order valence-electron chi connectivity index (χ2n) is 5.45. The van der Waals surface area contributed by atoms with E-state index in [1.807, 2.05) is 0 Å². The molecular weight excluding hydrogens is 186 g/mol. The second kappa shape index (κ2) is 5.31. The predicted molar refractivity (Wildman–Crippen MR) is 62.9 cm³/mol. The zero-order valence-corrected chi connectivity index (χ0v) is 10.2. The minimum atomic E-state index is 0.622. The van der Waals surface area contributed by atoms with Crippen LogP contribution in [0.5, 0.6) is 0 Å². The zero-order chi connectivity index (χ0) is 10.7. The SMILES string of the molecule is CC1CCCC(NC2CCCOC2)C1C. The molecule has 0 aromatic heterocycles. The Morgan fingerprint density at radius 2 is 1.93 bits per heavy atom. The molecule has 0 aromatic carbocycles. The lowest BCUT2D eigenvalue weighted by atomic mass is 9.77. The first-order valence-electron chi connectivity index (χ1n) is 6.61. The molecule has 0 aromatic rings. The first kappa shape index (κ1) is 11.4. The fourth-order valence-electron chi connectivity index (χ4n) is 2.99. The van der Waals surface area contributed by atoms with Gasteiger partial charge in [-0.1, -0.05) is 26.7 Å². The van der Waals surface area contributed by atoms with Crippen molar-refractivity contribution >= 4 is 0 Å². The van der Waals surface area contributed by atoms with Gasteiger partial charge in [0.2, 0.25) is 0 Å². The molecule has 1 aliphatic heterocycles. The van der Waals surface area contributed by atoms with Crippen molar-refractivity contribution in [1.29, 1.82) is 0 Å². The molecule has 0 spiro atoms. The van der Waals surface area contributed by atoms with Crippen molar-refractivity contribution < 1.29 is 4.74 Å². The molecule has 1 N–H and O–H groups in total. The van der Waals surface area contributed by atoms with Gasteiger partial charge in [0, 0.05) is 18.7 Å². The van der Waals surface area contributed by atoms with Gasteiger partial charge in [-0.25, -0.2) is 0 Å². The highest BCUT2D eigenvalue weighted by molar-refractivity contribution is 4.85. The summed E-state index contributed by atoms with van der Waals surface area (Å²) in [6.45, 7) is 6.70. The lowest BCUT2D eigenvalue weighted by Crippen LogP contribution is -2.48. The molecule has 0 amide bonds. The van der Waals surface area contributed by atoms with Crippen LogP contribution >= 0.6 is 0 Å². The predicted octanol–water partition coefficient (Wildman–Crippen LogP) is 2.58. The Morgan fingerprint density at radius 1 is 1.07 bits per heavy atom. The van der Waals surface area contributed by atoms with Gasteiger partial charge in [-0.3, -0.25) is 0 Å². The summed E-state index contributed by atoms with van der Waals surface area (Å²) in [5.74, 6) is 1.72. The molecule has 0 bridgehead atoms. The number of hydrogen-bond acceptors (Lipinski definition) is 2. The monoisotopic (exact) mass is 211 g/mol. The third-order valence-corrected chi connectivity index (χ3v) is 4.32. The van der Waals surface area contributed by atoms with E-state index in [-0.39, 0.29) is 0 Å². The van der Waals surface area contributed by atoms with E-state index in [1.165, 1.54) is 32.1 Å². The standard InChI is InChI=1S/C13H25NO/c1-10-5-3-7-13(11(10)2)14-12-6-4-8-15-9-12/h10-14H,3-9H2,1-2H3. The summed E-state index contributed by atoms with van der Waals surface area (Å²) in [6.07, 6.45) is 6.71. The van der Waals surface area contributed by atoms with E-state index in [1.54, 1.807) is 0 Å². The molecule has 0 radical (unpaired) electrons. The molecule has 2 fully saturated rings. The second-order valence-corrected chi connectivity index (χ2v) is 5.45. The number of hydrogen-bond donors (Lipinski definition) is 1. The van der Waals surface area contributed by atoms with E-state index in [0.717, 1.165) is 31.1 Å². The number of rotatable bonds is 2. The molecule has 15 heavy (non-hydrogen) atoms. The Bertz CT molecular complexity index is 189. The van der Waals surface area contributed by atoms with Crippen LogP contribution in [0.15, 0.2) is 0 Å². The van der Waals surface area contributed by atoms with Crippen molar-refractivity contribution in [2.45, 2.75) is 58.0 Å². The van der Waals surface area contributed by atoms with Crippen LogP contribution in [-0.2, 0) is 4.74 Å². The van der Waals surface area contributed by atoms with Crippen LogP contribution in [0.1, 0.15) is 46.0 Å². The van der Waals surface area contributed by atoms with Gasteiger partial charge in [-0.2, -0.15) is 0 Å².